The largest absolute Gasteiger partial charge is 0.459 e. The summed E-state index contributed by atoms with van der Waals surface area (Å²) in [5.41, 5.74) is -0.187. The zero-order chi connectivity index (χ0) is 25.8. The van der Waals surface area contributed by atoms with Gasteiger partial charge in [-0.2, -0.15) is 0 Å². The van der Waals surface area contributed by atoms with E-state index in [1.54, 1.807) is 31.2 Å². The van der Waals surface area contributed by atoms with Crippen LogP contribution < -0.4 is 11.2 Å². The van der Waals surface area contributed by atoms with Gasteiger partial charge in [0.15, 0.2) is 0 Å². The van der Waals surface area contributed by atoms with Crippen LogP contribution in [-0.2, 0) is 20.6 Å². The van der Waals surface area contributed by atoms with Crippen molar-refractivity contribution in [1.82, 2.24) is 9.55 Å². The number of carbonyl (C=O) groups is 2. The lowest BCUT2D eigenvalue weighted by molar-refractivity contribution is -0.0583. The highest BCUT2D eigenvalue weighted by atomic mass is 35.5. The monoisotopic (exact) mass is 532 g/mol. The third kappa shape index (κ3) is 5.87. The van der Waals surface area contributed by atoms with Crippen LogP contribution in [0.1, 0.15) is 45.9 Å². The number of nitrogens with one attached hydrogen (secondary N) is 1. The van der Waals surface area contributed by atoms with Gasteiger partial charge in [-0.15, -0.1) is 0 Å². The van der Waals surface area contributed by atoms with Gasteiger partial charge in [0.05, 0.1) is 11.1 Å². The molecule has 0 amide bonds. The Bertz CT molecular complexity index is 1370. The van der Waals surface area contributed by atoms with Crippen LogP contribution in [0.2, 0.25) is 10.0 Å². The van der Waals surface area contributed by atoms with Gasteiger partial charge >= 0.3 is 17.6 Å². The van der Waals surface area contributed by atoms with Crippen molar-refractivity contribution in [2.24, 2.45) is 0 Å². The number of ether oxygens (including phenoxy) is 3. The Kier molecular flexibility index (Phi) is 7.93. The summed E-state index contributed by atoms with van der Waals surface area (Å²) in [6.45, 7) is 1.54. The Labute approximate surface area is 215 Å². The molecule has 1 fully saturated rings. The number of benzene rings is 2. The predicted octanol–water partition coefficient (Wildman–Crippen LogP) is 3.78. The van der Waals surface area contributed by atoms with Crippen molar-refractivity contribution in [3.05, 3.63) is 102 Å². The van der Waals surface area contributed by atoms with E-state index in [2.05, 4.69) is 4.98 Å². The van der Waals surface area contributed by atoms with Gasteiger partial charge in [0.1, 0.15) is 25.0 Å². The first-order chi connectivity index (χ1) is 17.2. The van der Waals surface area contributed by atoms with Crippen LogP contribution in [0.4, 0.5) is 0 Å². The summed E-state index contributed by atoms with van der Waals surface area (Å²) in [5, 5.41) is 0.937. The van der Waals surface area contributed by atoms with Crippen LogP contribution in [0.15, 0.2) is 64.3 Å². The number of rotatable bonds is 7. The Morgan fingerprint density at radius 1 is 1.00 bits per heavy atom. The molecule has 0 saturated carbocycles. The number of aromatic nitrogens is 2. The number of nitrogens with zero attached hydrogens (tertiary/aromatic N) is 1. The van der Waals surface area contributed by atoms with E-state index in [1.165, 1.54) is 35.0 Å². The topological polar surface area (TPSA) is 117 Å². The Balaban J connectivity index is 1.54. The summed E-state index contributed by atoms with van der Waals surface area (Å²) in [6.07, 6.45) is -0.656. The highest BCUT2D eigenvalue weighted by molar-refractivity contribution is 6.31. The number of esters is 2. The van der Waals surface area contributed by atoms with Crippen LogP contribution in [0.5, 0.6) is 0 Å². The fraction of sp³-hybridized carbons (Fsp3) is 0.280. The summed E-state index contributed by atoms with van der Waals surface area (Å²) in [5.74, 6) is -1.24. The second kappa shape index (κ2) is 11.1. The molecule has 1 aliphatic rings. The van der Waals surface area contributed by atoms with Gasteiger partial charge in [-0.25, -0.2) is 14.4 Å². The van der Waals surface area contributed by atoms with Crippen molar-refractivity contribution in [2.45, 2.75) is 38.2 Å². The smallest absolute Gasteiger partial charge is 0.338 e. The van der Waals surface area contributed by atoms with Crippen molar-refractivity contribution < 1.29 is 23.8 Å². The maximum absolute atomic E-state index is 12.7. The van der Waals surface area contributed by atoms with Crippen molar-refractivity contribution in [2.75, 3.05) is 6.61 Å². The second-order valence-electron chi connectivity index (χ2n) is 8.10. The molecule has 0 radical (unpaired) electrons. The van der Waals surface area contributed by atoms with Crippen LogP contribution >= 0.6 is 23.2 Å². The minimum atomic E-state index is -0.869. The number of aromatic amines is 1. The third-order valence-corrected chi connectivity index (χ3v) is 6.21. The first-order valence-corrected chi connectivity index (χ1v) is 11.9. The standard InChI is InChI=1S/C25H22Cl2N2O7/c1-2-14-12-29(25(33)28-22(14)30)21-11-19(36-24(32)16-5-9-18(27)10-6-16)20(35-21)13-34-23(31)15-3-7-17(26)8-4-15/h3-10,12,19-21H,2,11,13H2,1H3,(H,28,30,33)/t19-,20+,21+/m1/s1. The van der Waals surface area contributed by atoms with Crippen LogP contribution in [0.25, 0.3) is 0 Å². The molecule has 188 valence electrons. The second-order valence-corrected chi connectivity index (χ2v) is 8.97. The van der Waals surface area contributed by atoms with Crippen LogP contribution in [0, 0.1) is 0 Å². The summed E-state index contributed by atoms with van der Waals surface area (Å²) in [4.78, 5) is 51.9. The Morgan fingerprint density at radius 2 is 1.58 bits per heavy atom. The molecule has 3 aromatic rings. The lowest BCUT2D eigenvalue weighted by atomic mass is 10.1. The summed E-state index contributed by atoms with van der Waals surface area (Å²) < 4.78 is 18.3. The number of aryl methyl sites for hydroxylation is 1. The van der Waals surface area contributed by atoms with Gasteiger partial charge in [-0.3, -0.25) is 14.3 Å². The van der Waals surface area contributed by atoms with E-state index in [4.69, 9.17) is 37.4 Å². The minimum absolute atomic E-state index is 0.0948. The van der Waals surface area contributed by atoms with Crippen molar-refractivity contribution in [3.63, 3.8) is 0 Å². The minimum Gasteiger partial charge on any atom is -0.459 e. The van der Waals surface area contributed by atoms with E-state index in [0.29, 0.717) is 22.0 Å². The maximum atomic E-state index is 12.7. The quantitative estimate of drug-likeness (QED) is 0.460. The zero-order valence-corrected chi connectivity index (χ0v) is 20.6. The molecule has 4 rings (SSSR count). The molecule has 1 aliphatic heterocycles. The van der Waals surface area contributed by atoms with Crippen LogP contribution in [0.3, 0.4) is 0 Å². The molecule has 2 heterocycles. The van der Waals surface area contributed by atoms with Crippen molar-refractivity contribution in [3.8, 4) is 0 Å². The van der Waals surface area contributed by atoms with Gasteiger partial charge in [0.2, 0.25) is 0 Å². The number of halogens is 2. The summed E-state index contributed by atoms with van der Waals surface area (Å²) in [7, 11) is 0. The molecule has 0 aliphatic carbocycles. The van der Waals surface area contributed by atoms with Gasteiger partial charge < -0.3 is 14.2 Å². The highest BCUT2D eigenvalue weighted by Gasteiger charge is 2.40. The van der Waals surface area contributed by atoms with Gasteiger partial charge in [0, 0.05) is 28.2 Å². The van der Waals surface area contributed by atoms with Crippen LogP contribution in [-0.4, -0.2) is 40.3 Å². The van der Waals surface area contributed by atoms with E-state index in [9.17, 15) is 19.2 Å². The number of hydrogen-bond acceptors (Lipinski definition) is 7. The molecule has 1 aromatic heterocycles. The highest BCUT2D eigenvalue weighted by Crippen LogP contribution is 2.31. The molecule has 0 bridgehead atoms. The zero-order valence-electron chi connectivity index (χ0n) is 19.1. The summed E-state index contributed by atoms with van der Waals surface area (Å²) in [6, 6.07) is 12.3. The first-order valence-electron chi connectivity index (χ1n) is 11.1. The molecule has 36 heavy (non-hydrogen) atoms. The molecule has 1 saturated heterocycles. The average Bonchev–Trinajstić information content (AvgIpc) is 3.25. The molecule has 0 spiro atoms. The molecule has 0 unspecified atom stereocenters. The number of H-pyrrole nitrogens is 1. The first kappa shape index (κ1) is 25.7. The van der Waals surface area contributed by atoms with Gasteiger partial charge in [-0.05, 0) is 55.0 Å². The molecular formula is C25H22Cl2N2O7. The lowest BCUT2D eigenvalue weighted by Crippen LogP contribution is -2.34. The fourth-order valence-electron chi connectivity index (χ4n) is 3.76. The molecule has 3 atom stereocenters. The van der Waals surface area contributed by atoms with Gasteiger partial charge in [0.25, 0.3) is 5.56 Å². The molecule has 2 aromatic carbocycles. The van der Waals surface area contributed by atoms with Crippen molar-refractivity contribution in [1.29, 1.82) is 0 Å². The average molecular weight is 533 g/mol. The maximum Gasteiger partial charge on any atom is 0.338 e. The number of carbonyl (C=O) groups excluding carboxylic acids is 2. The van der Waals surface area contributed by atoms with Crippen molar-refractivity contribution >= 4 is 35.1 Å². The molecule has 11 heteroatoms. The Morgan fingerprint density at radius 3 is 2.17 bits per heavy atom. The predicted molar refractivity (Wildman–Crippen MR) is 132 cm³/mol. The van der Waals surface area contributed by atoms with Gasteiger partial charge in [-0.1, -0.05) is 30.1 Å². The lowest BCUT2D eigenvalue weighted by Gasteiger charge is -2.19. The van der Waals surface area contributed by atoms with E-state index in [0.717, 1.165) is 0 Å². The third-order valence-electron chi connectivity index (χ3n) is 5.71. The van der Waals surface area contributed by atoms with E-state index in [-0.39, 0.29) is 24.2 Å². The molecule has 1 N–H and O–H groups in total. The molecular weight excluding hydrogens is 511 g/mol. The summed E-state index contributed by atoms with van der Waals surface area (Å²) >= 11 is 11.8. The normalized spacial score (nSPS) is 19.1. The number of hydrogen-bond donors (Lipinski definition) is 1. The van der Waals surface area contributed by atoms with E-state index >= 15 is 0 Å². The van der Waals surface area contributed by atoms with E-state index in [1.807, 2.05) is 0 Å². The fourth-order valence-corrected chi connectivity index (χ4v) is 4.01. The molecule has 9 nitrogen and oxygen atoms in total. The SMILES string of the molecule is CCc1cn([C@@H]2C[C@@H](OC(=O)c3ccc(Cl)cc3)[C@H](COC(=O)c3ccc(Cl)cc3)O2)c(=O)[nH]c1=O. The van der Waals surface area contributed by atoms with E-state index < -0.39 is 41.6 Å². The Hall–Kier alpha value is -3.40.